The molecule has 1 heterocycles. The third-order valence-corrected chi connectivity index (χ3v) is 2.51. The summed E-state index contributed by atoms with van der Waals surface area (Å²) in [5, 5.41) is 0.558. The molecule has 0 atom stereocenters. The van der Waals surface area contributed by atoms with Crippen LogP contribution in [0, 0.1) is 0 Å². The number of aromatic amines is 1. The summed E-state index contributed by atoms with van der Waals surface area (Å²) in [7, 11) is 0. The third-order valence-electron chi connectivity index (χ3n) is 2.27. The number of anilines is 1. The average Bonchev–Trinajstić information content (AvgIpc) is 2.23. The molecule has 1 aromatic heterocycles. The van der Waals surface area contributed by atoms with E-state index in [1.54, 1.807) is 24.3 Å². The van der Waals surface area contributed by atoms with Gasteiger partial charge in [0.1, 0.15) is 5.82 Å². The van der Waals surface area contributed by atoms with Gasteiger partial charge in [-0.15, -0.1) is 0 Å². The first-order chi connectivity index (χ1) is 8.06. The van der Waals surface area contributed by atoms with Crippen molar-refractivity contribution in [3.8, 4) is 0 Å². The van der Waals surface area contributed by atoms with E-state index in [1.807, 2.05) is 0 Å². The molecular weight excluding hydrogens is 242 g/mol. The number of rotatable bonds is 2. The van der Waals surface area contributed by atoms with Gasteiger partial charge in [0, 0.05) is 11.1 Å². The fourth-order valence-electron chi connectivity index (χ4n) is 1.51. The molecular formula is C11H10ClN3O2. The first-order valence-electron chi connectivity index (χ1n) is 4.90. The lowest BCUT2D eigenvalue weighted by molar-refractivity contribution is 0.701. The molecule has 3 N–H and O–H groups in total. The number of nitrogens with zero attached hydrogens (tertiary/aromatic N) is 1. The Balaban J connectivity index is 2.44. The van der Waals surface area contributed by atoms with Crippen molar-refractivity contribution >= 4 is 17.4 Å². The maximum atomic E-state index is 11.6. The van der Waals surface area contributed by atoms with E-state index in [2.05, 4.69) is 4.98 Å². The molecule has 0 spiro atoms. The summed E-state index contributed by atoms with van der Waals surface area (Å²) in [5.74, 6) is 0.0577. The Morgan fingerprint density at radius 2 is 2.06 bits per heavy atom. The molecule has 0 unspecified atom stereocenters. The molecule has 0 radical (unpaired) electrons. The lowest BCUT2D eigenvalue weighted by Crippen LogP contribution is -2.35. The van der Waals surface area contributed by atoms with E-state index in [-0.39, 0.29) is 12.4 Å². The van der Waals surface area contributed by atoms with Crippen molar-refractivity contribution in [2.24, 2.45) is 0 Å². The zero-order chi connectivity index (χ0) is 12.4. The van der Waals surface area contributed by atoms with Gasteiger partial charge >= 0.3 is 5.69 Å². The van der Waals surface area contributed by atoms with Crippen LogP contribution in [0.3, 0.4) is 0 Å². The summed E-state index contributed by atoms with van der Waals surface area (Å²) < 4.78 is 1.06. The SMILES string of the molecule is Nc1cc(=O)n(Cc2cccc(Cl)c2)c(=O)[nH]1. The number of hydrogen-bond acceptors (Lipinski definition) is 3. The molecule has 0 bridgehead atoms. The van der Waals surface area contributed by atoms with Crippen LogP contribution in [0.25, 0.3) is 0 Å². The van der Waals surface area contributed by atoms with E-state index in [0.29, 0.717) is 5.02 Å². The number of hydrogen-bond donors (Lipinski definition) is 2. The van der Waals surface area contributed by atoms with Crippen LogP contribution in [0.15, 0.2) is 39.9 Å². The van der Waals surface area contributed by atoms with E-state index < -0.39 is 11.2 Å². The van der Waals surface area contributed by atoms with Crippen molar-refractivity contribution in [1.29, 1.82) is 0 Å². The van der Waals surface area contributed by atoms with Crippen LogP contribution in [-0.2, 0) is 6.54 Å². The molecule has 2 rings (SSSR count). The van der Waals surface area contributed by atoms with Crippen LogP contribution in [0.5, 0.6) is 0 Å². The van der Waals surface area contributed by atoms with Gasteiger partial charge in [-0.05, 0) is 17.7 Å². The molecule has 1 aromatic carbocycles. The summed E-state index contributed by atoms with van der Waals surface area (Å²) in [6.07, 6.45) is 0. The average molecular weight is 252 g/mol. The topological polar surface area (TPSA) is 80.9 Å². The maximum Gasteiger partial charge on any atom is 0.330 e. The summed E-state index contributed by atoms with van der Waals surface area (Å²) in [5.41, 5.74) is 5.16. The first kappa shape index (κ1) is 11.5. The van der Waals surface area contributed by atoms with Crippen LogP contribution >= 0.6 is 11.6 Å². The van der Waals surface area contributed by atoms with Crippen molar-refractivity contribution in [3.05, 3.63) is 61.8 Å². The van der Waals surface area contributed by atoms with E-state index in [9.17, 15) is 9.59 Å². The van der Waals surface area contributed by atoms with Gasteiger partial charge in [-0.3, -0.25) is 14.3 Å². The van der Waals surface area contributed by atoms with Gasteiger partial charge in [0.25, 0.3) is 5.56 Å². The Morgan fingerprint density at radius 1 is 1.29 bits per heavy atom. The quantitative estimate of drug-likeness (QED) is 0.829. The van der Waals surface area contributed by atoms with Crippen LogP contribution in [-0.4, -0.2) is 9.55 Å². The number of nitrogen functional groups attached to an aromatic ring is 1. The second-order valence-electron chi connectivity index (χ2n) is 3.58. The molecule has 5 nitrogen and oxygen atoms in total. The molecule has 0 aliphatic carbocycles. The number of nitrogens with one attached hydrogen (secondary N) is 1. The summed E-state index contributed by atoms with van der Waals surface area (Å²) in [6, 6.07) is 8.14. The summed E-state index contributed by atoms with van der Waals surface area (Å²) >= 11 is 5.82. The predicted octanol–water partition coefficient (Wildman–Crippen LogP) is 0.820. The van der Waals surface area contributed by atoms with Gasteiger partial charge in [0.2, 0.25) is 0 Å². The minimum Gasteiger partial charge on any atom is -0.385 e. The predicted molar refractivity (Wildman–Crippen MR) is 66.3 cm³/mol. The fourth-order valence-corrected chi connectivity index (χ4v) is 1.72. The number of benzene rings is 1. The van der Waals surface area contributed by atoms with Gasteiger partial charge in [-0.2, -0.15) is 0 Å². The minimum absolute atomic E-state index is 0.0577. The largest absolute Gasteiger partial charge is 0.385 e. The Bertz CT molecular complexity index is 629. The van der Waals surface area contributed by atoms with Gasteiger partial charge in [-0.1, -0.05) is 23.7 Å². The molecule has 88 valence electrons. The van der Waals surface area contributed by atoms with Crippen molar-refractivity contribution in [2.75, 3.05) is 5.73 Å². The van der Waals surface area contributed by atoms with E-state index in [0.717, 1.165) is 10.1 Å². The van der Waals surface area contributed by atoms with Gasteiger partial charge < -0.3 is 5.73 Å². The lowest BCUT2D eigenvalue weighted by atomic mass is 10.2. The molecule has 0 saturated heterocycles. The lowest BCUT2D eigenvalue weighted by Gasteiger charge is -2.05. The monoisotopic (exact) mass is 251 g/mol. The highest BCUT2D eigenvalue weighted by Crippen LogP contribution is 2.10. The molecule has 0 amide bonds. The van der Waals surface area contributed by atoms with Crippen molar-refractivity contribution in [1.82, 2.24) is 9.55 Å². The van der Waals surface area contributed by atoms with Gasteiger partial charge in [-0.25, -0.2) is 4.79 Å². The number of aromatic nitrogens is 2. The van der Waals surface area contributed by atoms with Crippen LogP contribution in [0.1, 0.15) is 5.56 Å². The molecule has 0 saturated carbocycles. The number of nitrogens with two attached hydrogens (primary N) is 1. The molecule has 0 aliphatic heterocycles. The standard InChI is InChI=1S/C11H10ClN3O2/c12-8-3-1-2-7(4-8)6-15-10(16)5-9(13)14-11(15)17/h1-5H,6,13H2,(H,14,17). The Hall–Kier alpha value is -2.01. The highest BCUT2D eigenvalue weighted by molar-refractivity contribution is 6.30. The van der Waals surface area contributed by atoms with Crippen LogP contribution in [0.4, 0.5) is 5.82 Å². The molecule has 6 heteroatoms. The van der Waals surface area contributed by atoms with Crippen LogP contribution < -0.4 is 17.0 Å². The molecule has 0 aliphatic rings. The Morgan fingerprint density at radius 3 is 2.71 bits per heavy atom. The van der Waals surface area contributed by atoms with E-state index in [1.165, 1.54) is 6.07 Å². The third kappa shape index (κ3) is 2.57. The second kappa shape index (κ2) is 4.47. The highest BCUT2D eigenvalue weighted by Gasteiger charge is 2.03. The van der Waals surface area contributed by atoms with Crippen LogP contribution in [0.2, 0.25) is 5.02 Å². The number of halogens is 1. The second-order valence-corrected chi connectivity index (χ2v) is 4.02. The van der Waals surface area contributed by atoms with Crippen molar-refractivity contribution in [2.45, 2.75) is 6.54 Å². The van der Waals surface area contributed by atoms with E-state index in [4.69, 9.17) is 17.3 Å². The van der Waals surface area contributed by atoms with Gasteiger partial charge in [0.05, 0.1) is 6.54 Å². The zero-order valence-electron chi connectivity index (χ0n) is 8.81. The molecule has 0 fully saturated rings. The normalized spacial score (nSPS) is 10.4. The minimum atomic E-state index is -0.532. The van der Waals surface area contributed by atoms with Gasteiger partial charge in [0.15, 0.2) is 0 Å². The first-order valence-corrected chi connectivity index (χ1v) is 5.28. The summed E-state index contributed by atoms with van der Waals surface area (Å²) in [4.78, 5) is 25.5. The van der Waals surface area contributed by atoms with E-state index >= 15 is 0 Å². The zero-order valence-corrected chi connectivity index (χ0v) is 9.57. The highest BCUT2D eigenvalue weighted by atomic mass is 35.5. The summed E-state index contributed by atoms with van der Waals surface area (Å²) in [6.45, 7) is 0.162. The Labute approximate surface area is 101 Å². The molecule has 17 heavy (non-hydrogen) atoms. The fraction of sp³-hybridized carbons (Fsp3) is 0.0909. The van der Waals surface area contributed by atoms with Crippen molar-refractivity contribution in [3.63, 3.8) is 0 Å². The molecule has 2 aromatic rings. The maximum absolute atomic E-state index is 11.6. The number of H-pyrrole nitrogens is 1. The van der Waals surface area contributed by atoms with Crippen molar-refractivity contribution < 1.29 is 0 Å². The Kier molecular flexibility index (Phi) is 3.01. The smallest absolute Gasteiger partial charge is 0.330 e.